The van der Waals surface area contributed by atoms with Crippen molar-refractivity contribution in [2.75, 3.05) is 36.1 Å². The lowest BCUT2D eigenvalue weighted by molar-refractivity contribution is -0.115. The Morgan fingerprint density at radius 2 is 2.00 bits per heavy atom. The van der Waals surface area contributed by atoms with E-state index in [-0.39, 0.29) is 5.91 Å². The predicted molar refractivity (Wildman–Crippen MR) is 129 cm³/mol. The molecule has 1 aliphatic rings. The van der Waals surface area contributed by atoms with Crippen molar-refractivity contribution in [2.45, 2.75) is 44.6 Å². The summed E-state index contributed by atoms with van der Waals surface area (Å²) in [5, 5.41) is 12.4. The number of aryl methyl sites for hydroxylation is 1. The molecule has 3 aromatic rings. The number of thioether (sulfide) groups is 1. The molecule has 4 rings (SSSR count). The summed E-state index contributed by atoms with van der Waals surface area (Å²) in [6, 6.07) is 7.99. The van der Waals surface area contributed by atoms with Crippen molar-refractivity contribution in [3.8, 4) is 0 Å². The van der Waals surface area contributed by atoms with Crippen LogP contribution in [0.1, 0.15) is 32.0 Å². The number of anilines is 3. The Labute approximate surface area is 196 Å². The predicted octanol–water partition coefficient (Wildman–Crippen LogP) is 4.13. The molecule has 0 aliphatic carbocycles. The molecule has 170 valence electrons. The standard InChI is InChI=1S/C22H28N6O2S2/c1-4-17-8-6-7-9-19(17)28(16(3)29)21-23-18(14-31-21)15-32-22-25-24-20(27(22)5-2)26-10-12-30-13-11-26/h6-9,14H,4-5,10-13,15H2,1-3H3. The van der Waals surface area contributed by atoms with Crippen LogP contribution in [0.15, 0.2) is 34.8 Å². The zero-order chi connectivity index (χ0) is 22.5. The van der Waals surface area contributed by atoms with Gasteiger partial charge in [-0.3, -0.25) is 14.3 Å². The third-order valence-corrected chi connectivity index (χ3v) is 7.19. The zero-order valence-electron chi connectivity index (χ0n) is 18.7. The number of amides is 1. The highest BCUT2D eigenvalue weighted by molar-refractivity contribution is 7.98. The fourth-order valence-electron chi connectivity index (χ4n) is 3.70. The summed E-state index contributed by atoms with van der Waals surface area (Å²) >= 11 is 3.11. The second kappa shape index (κ2) is 10.5. The molecule has 0 bridgehead atoms. The van der Waals surface area contributed by atoms with Gasteiger partial charge in [-0.2, -0.15) is 0 Å². The van der Waals surface area contributed by atoms with Crippen LogP contribution in [0.2, 0.25) is 0 Å². The van der Waals surface area contributed by atoms with E-state index in [9.17, 15) is 4.79 Å². The number of benzene rings is 1. The maximum atomic E-state index is 12.5. The molecule has 0 N–H and O–H groups in total. The molecule has 8 nitrogen and oxygen atoms in total. The molecule has 0 spiro atoms. The fraction of sp³-hybridized carbons (Fsp3) is 0.455. The van der Waals surface area contributed by atoms with Gasteiger partial charge in [0.15, 0.2) is 10.3 Å². The Morgan fingerprint density at radius 1 is 1.22 bits per heavy atom. The number of morpholine rings is 1. The average Bonchev–Trinajstić information content (AvgIpc) is 3.45. The van der Waals surface area contributed by atoms with Crippen LogP contribution in [-0.4, -0.2) is 52.0 Å². The summed E-state index contributed by atoms with van der Waals surface area (Å²) in [6.07, 6.45) is 0.853. The molecule has 1 fully saturated rings. The van der Waals surface area contributed by atoms with Crippen molar-refractivity contribution in [3.63, 3.8) is 0 Å². The van der Waals surface area contributed by atoms with Gasteiger partial charge >= 0.3 is 0 Å². The molecule has 1 saturated heterocycles. The highest BCUT2D eigenvalue weighted by Gasteiger charge is 2.22. The Hall–Kier alpha value is -2.43. The SMILES string of the molecule is CCc1ccccc1N(C(C)=O)c1nc(CSc2nnc(N3CCOCC3)n2CC)cs1. The van der Waals surface area contributed by atoms with E-state index in [4.69, 9.17) is 9.72 Å². The van der Waals surface area contributed by atoms with Crippen LogP contribution < -0.4 is 9.80 Å². The van der Waals surface area contributed by atoms with E-state index in [1.54, 1.807) is 23.6 Å². The van der Waals surface area contributed by atoms with Crippen LogP contribution in [0, 0.1) is 0 Å². The van der Waals surface area contributed by atoms with E-state index >= 15 is 0 Å². The summed E-state index contributed by atoms with van der Waals surface area (Å²) in [5.41, 5.74) is 2.95. The normalized spacial score (nSPS) is 14.0. The first-order chi connectivity index (χ1) is 15.6. The van der Waals surface area contributed by atoms with E-state index in [0.717, 1.165) is 54.1 Å². The number of thiazole rings is 1. The van der Waals surface area contributed by atoms with Crippen LogP contribution in [0.3, 0.4) is 0 Å². The van der Waals surface area contributed by atoms with Gasteiger partial charge in [0.2, 0.25) is 11.9 Å². The second-order valence-corrected chi connectivity index (χ2v) is 9.15. The third kappa shape index (κ3) is 4.82. The molecule has 1 aliphatic heterocycles. The third-order valence-electron chi connectivity index (χ3n) is 5.32. The van der Waals surface area contributed by atoms with Crippen molar-refractivity contribution in [2.24, 2.45) is 0 Å². The number of aromatic nitrogens is 4. The molecule has 3 heterocycles. The topological polar surface area (TPSA) is 76.4 Å². The molecule has 0 unspecified atom stereocenters. The van der Waals surface area contributed by atoms with Gasteiger partial charge in [-0.25, -0.2) is 4.98 Å². The summed E-state index contributed by atoms with van der Waals surface area (Å²) < 4.78 is 7.59. The van der Waals surface area contributed by atoms with E-state index in [0.29, 0.717) is 24.1 Å². The molecule has 10 heteroatoms. The largest absolute Gasteiger partial charge is 0.378 e. The minimum Gasteiger partial charge on any atom is -0.378 e. The van der Waals surface area contributed by atoms with Crippen LogP contribution >= 0.6 is 23.1 Å². The first-order valence-corrected chi connectivity index (χ1v) is 12.7. The zero-order valence-corrected chi connectivity index (χ0v) is 20.3. The van der Waals surface area contributed by atoms with Crippen molar-refractivity contribution >= 4 is 45.8 Å². The number of carbonyl (C=O) groups excluding carboxylic acids is 1. The number of carbonyl (C=O) groups is 1. The van der Waals surface area contributed by atoms with Gasteiger partial charge < -0.3 is 9.64 Å². The fourth-order valence-corrected chi connectivity index (χ4v) is 5.58. The van der Waals surface area contributed by atoms with Gasteiger partial charge in [0.1, 0.15) is 0 Å². The number of hydrogen-bond donors (Lipinski definition) is 0. The Balaban J connectivity index is 1.50. The van der Waals surface area contributed by atoms with Crippen LogP contribution in [0.25, 0.3) is 0 Å². The van der Waals surface area contributed by atoms with E-state index in [1.165, 1.54) is 11.3 Å². The van der Waals surface area contributed by atoms with Crippen molar-refractivity contribution < 1.29 is 9.53 Å². The van der Waals surface area contributed by atoms with Gasteiger partial charge in [-0.15, -0.1) is 21.5 Å². The minimum absolute atomic E-state index is 0.0414. The van der Waals surface area contributed by atoms with E-state index < -0.39 is 0 Å². The Kier molecular flexibility index (Phi) is 7.44. The average molecular weight is 473 g/mol. The maximum Gasteiger partial charge on any atom is 0.230 e. The van der Waals surface area contributed by atoms with E-state index in [2.05, 4.69) is 39.6 Å². The number of nitrogens with zero attached hydrogens (tertiary/aromatic N) is 6. The Bertz CT molecular complexity index is 1060. The lowest BCUT2D eigenvalue weighted by Crippen LogP contribution is -2.38. The molecule has 1 amide bonds. The number of hydrogen-bond acceptors (Lipinski definition) is 8. The first kappa shape index (κ1) is 22.8. The van der Waals surface area contributed by atoms with Crippen molar-refractivity contribution in [1.29, 1.82) is 0 Å². The quantitative estimate of drug-likeness (QED) is 0.456. The lowest BCUT2D eigenvalue weighted by atomic mass is 10.1. The van der Waals surface area contributed by atoms with Crippen LogP contribution in [0.4, 0.5) is 16.8 Å². The summed E-state index contributed by atoms with van der Waals surface area (Å²) in [5.74, 6) is 1.52. The van der Waals surface area contributed by atoms with Crippen LogP contribution in [0.5, 0.6) is 0 Å². The summed E-state index contributed by atoms with van der Waals surface area (Å²) in [7, 11) is 0. The van der Waals surface area contributed by atoms with Crippen molar-refractivity contribution in [1.82, 2.24) is 19.7 Å². The molecular formula is C22H28N6O2S2. The molecule has 2 aromatic heterocycles. The Morgan fingerprint density at radius 3 is 2.72 bits per heavy atom. The van der Waals surface area contributed by atoms with Gasteiger partial charge in [-0.05, 0) is 25.0 Å². The molecule has 0 saturated carbocycles. The lowest BCUT2D eigenvalue weighted by Gasteiger charge is -2.27. The molecule has 32 heavy (non-hydrogen) atoms. The molecule has 1 aromatic carbocycles. The highest BCUT2D eigenvalue weighted by Crippen LogP contribution is 2.33. The second-order valence-electron chi connectivity index (χ2n) is 7.37. The molecule has 0 atom stereocenters. The minimum atomic E-state index is -0.0414. The highest BCUT2D eigenvalue weighted by atomic mass is 32.2. The van der Waals surface area contributed by atoms with E-state index in [1.807, 2.05) is 23.6 Å². The van der Waals surface area contributed by atoms with Gasteiger partial charge in [0, 0.05) is 37.7 Å². The maximum absolute atomic E-state index is 12.5. The molecule has 0 radical (unpaired) electrons. The van der Waals surface area contributed by atoms with Crippen LogP contribution in [-0.2, 0) is 28.2 Å². The number of para-hydroxylation sites is 1. The summed E-state index contributed by atoms with van der Waals surface area (Å²) in [4.78, 5) is 21.2. The van der Waals surface area contributed by atoms with Gasteiger partial charge in [0.05, 0.1) is 24.6 Å². The number of ether oxygens (including phenoxy) is 1. The van der Waals surface area contributed by atoms with Gasteiger partial charge in [0.25, 0.3) is 0 Å². The summed E-state index contributed by atoms with van der Waals surface area (Å²) in [6.45, 7) is 9.68. The van der Waals surface area contributed by atoms with Crippen molar-refractivity contribution in [3.05, 3.63) is 40.9 Å². The van der Waals surface area contributed by atoms with Gasteiger partial charge in [-0.1, -0.05) is 36.9 Å². The monoisotopic (exact) mass is 472 g/mol. The molecular weight excluding hydrogens is 444 g/mol. The smallest absolute Gasteiger partial charge is 0.230 e. The number of rotatable bonds is 8. The first-order valence-electron chi connectivity index (χ1n) is 10.8.